The van der Waals surface area contributed by atoms with Crippen LogP contribution >= 0.6 is 0 Å². The minimum absolute atomic E-state index is 0.0875. The van der Waals surface area contributed by atoms with Crippen molar-refractivity contribution in [2.75, 3.05) is 9.80 Å². The second-order valence-electron chi connectivity index (χ2n) is 16.9. The molecule has 0 saturated carbocycles. The zero-order valence-electron chi connectivity index (χ0n) is 32.2. The third kappa shape index (κ3) is 4.95. The van der Waals surface area contributed by atoms with Crippen LogP contribution in [0.3, 0.4) is 0 Å². The van der Waals surface area contributed by atoms with E-state index in [-0.39, 0.29) is 5.41 Å². The molecular weight excluding hydrogens is 705 g/mol. The summed E-state index contributed by atoms with van der Waals surface area (Å²) >= 11 is 0. The van der Waals surface area contributed by atoms with Crippen LogP contribution in [0, 0.1) is 0 Å². The number of anilines is 5. The summed E-state index contributed by atoms with van der Waals surface area (Å²) in [6, 6.07) is 62.9. The molecule has 274 valence electrons. The number of allylic oxidation sites excluding steroid dienone is 1. The summed E-state index contributed by atoms with van der Waals surface area (Å²) in [6.45, 7) is 0. The zero-order valence-corrected chi connectivity index (χ0v) is 33.2. The van der Waals surface area contributed by atoms with Crippen LogP contribution in [-0.4, -0.2) is 8.07 Å². The highest BCUT2D eigenvalue weighted by molar-refractivity contribution is 7.05. The summed E-state index contributed by atoms with van der Waals surface area (Å²) in [6.07, 6.45) is 14.9. The topological polar surface area (TPSA) is 6.48 Å². The van der Waals surface area contributed by atoms with Crippen LogP contribution in [0.2, 0.25) is 12.1 Å². The van der Waals surface area contributed by atoms with Crippen molar-refractivity contribution in [3.63, 3.8) is 0 Å². The van der Waals surface area contributed by atoms with Crippen molar-refractivity contribution >= 4 is 59.0 Å². The highest BCUT2D eigenvalue weighted by atomic mass is 28.3. The van der Waals surface area contributed by atoms with E-state index in [0.717, 1.165) is 19.3 Å². The molecule has 0 radical (unpaired) electrons. The van der Waals surface area contributed by atoms with Gasteiger partial charge in [0.15, 0.2) is 0 Å². The SMILES string of the molecule is C1=CN(c2ccc3c(c2)C2(Cc4ccccc4C2)c2cc(C=Cc4ccc(N5c6ccccc6[Si]6(CCCC6)c6ccccc65)cc4)ccc2-3)c2ccccc2C1. The lowest BCUT2D eigenvalue weighted by atomic mass is 9.75. The lowest BCUT2D eigenvalue weighted by molar-refractivity contribution is 0.563. The first-order valence-corrected chi connectivity index (χ1v) is 23.3. The van der Waals surface area contributed by atoms with E-state index in [1.807, 2.05) is 0 Å². The van der Waals surface area contributed by atoms with E-state index in [2.05, 4.69) is 192 Å². The van der Waals surface area contributed by atoms with E-state index in [1.54, 1.807) is 10.4 Å². The minimum atomic E-state index is -1.74. The monoisotopic (exact) mass is 748 g/mol. The van der Waals surface area contributed by atoms with Crippen molar-refractivity contribution in [1.82, 2.24) is 0 Å². The second-order valence-corrected chi connectivity index (χ2v) is 21.2. The van der Waals surface area contributed by atoms with Gasteiger partial charge >= 0.3 is 0 Å². The van der Waals surface area contributed by atoms with Crippen LogP contribution in [0.4, 0.5) is 28.4 Å². The van der Waals surface area contributed by atoms with Crippen LogP contribution < -0.4 is 20.2 Å². The average Bonchev–Trinajstić information content (AvgIpc) is 3.99. The lowest BCUT2D eigenvalue weighted by Gasteiger charge is -2.42. The first-order valence-electron chi connectivity index (χ1n) is 20.9. The first kappa shape index (κ1) is 33.0. The van der Waals surface area contributed by atoms with Crippen molar-refractivity contribution in [3.05, 3.63) is 209 Å². The molecular formula is C54H44N2Si. The third-order valence-corrected chi connectivity index (χ3v) is 19.3. The Hall–Kier alpha value is -6.16. The maximum atomic E-state index is 2.53. The fourth-order valence-electron chi connectivity index (χ4n) is 11.4. The molecule has 3 aliphatic heterocycles. The van der Waals surface area contributed by atoms with Crippen molar-refractivity contribution < 1.29 is 0 Å². The van der Waals surface area contributed by atoms with E-state index in [0.29, 0.717) is 0 Å². The predicted molar refractivity (Wildman–Crippen MR) is 242 cm³/mol. The number of benzene rings is 7. The second kappa shape index (κ2) is 12.7. The number of para-hydroxylation sites is 3. The normalized spacial score (nSPS) is 17.4. The molecule has 0 atom stereocenters. The van der Waals surface area contributed by atoms with Gasteiger partial charge in [-0.3, -0.25) is 0 Å². The number of nitrogens with zero attached hydrogens (tertiary/aromatic N) is 2. The predicted octanol–water partition coefficient (Wildman–Crippen LogP) is 12.3. The van der Waals surface area contributed by atoms with Crippen LogP contribution in [0.25, 0.3) is 23.3 Å². The van der Waals surface area contributed by atoms with E-state index in [9.17, 15) is 0 Å². The largest absolute Gasteiger partial charge is 0.317 e. The van der Waals surface area contributed by atoms with Crippen LogP contribution in [0.1, 0.15) is 51.8 Å². The molecule has 57 heavy (non-hydrogen) atoms. The first-order chi connectivity index (χ1) is 28.2. The quantitative estimate of drug-likeness (QED) is 0.131. The summed E-state index contributed by atoms with van der Waals surface area (Å²) in [7, 11) is -1.74. The summed E-state index contributed by atoms with van der Waals surface area (Å²) in [5.41, 5.74) is 18.9. The summed E-state index contributed by atoms with van der Waals surface area (Å²) in [5.74, 6) is 0. The standard InChI is InChI=1S/C54H44N2Si/c1-2-14-42-37-54(36-41(42)13-1)47-34-39(25-29-45(47)46-30-28-44(35-48(46)54)55-31-11-15-40-12-3-4-16-49(40)55)22-21-38-23-26-43(27-24-38)56-50-17-5-7-19-52(50)57(32-9-10-33-57)53-20-8-6-18-51(53)56/h1-8,11-14,16-31,34-35H,9-10,15,32-33,36-37H2. The van der Waals surface area contributed by atoms with Crippen molar-refractivity contribution in [2.24, 2.45) is 0 Å². The Bertz CT molecular complexity index is 2730. The van der Waals surface area contributed by atoms with Gasteiger partial charge in [0, 0.05) is 40.1 Å². The number of rotatable bonds is 4. The molecule has 0 unspecified atom stereocenters. The Morgan fingerprint density at radius 3 is 1.74 bits per heavy atom. The fourth-order valence-corrected chi connectivity index (χ4v) is 16.9. The van der Waals surface area contributed by atoms with Gasteiger partial charge in [-0.05, 0) is 134 Å². The van der Waals surface area contributed by atoms with Crippen molar-refractivity contribution in [1.29, 1.82) is 0 Å². The molecule has 1 fully saturated rings. The number of hydrogen-bond acceptors (Lipinski definition) is 2. The summed E-state index contributed by atoms with van der Waals surface area (Å²) in [5, 5.41) is 3.24. The van der Waals surface area contributed by atoms with Gasteiger partial charge in [0.25, 0.3) is 0 Å². The van der Waals surface area contributed by atoms with Gasteiger partial charge in [-0.25, -0.2) is 0 Å². The van der Waals surface area contributed by atoms with E-state index < -0.39 is 8.07 Å². The molecule has 2 spiro atoms. The smallest absolute Gasteiger partial charge is 0.123 e. The van der Waals surface area contributed by atoms with Crippen LogP contribution in [-0.2, 0) is 24.7 Å². The van der Waals surface area contributed by atoms with E-state index in [1.165, 1.54) is 103 Å². The number of fused-ring (bicyclic) bond motifs is 11. The molecule has 0 bridgehead atoms. The molecule has 3 heterocycles. The Morgan fingerprint density at radius 1 is 0.491 bits per heavy atom. The molecule has 7 aromatic rings. The molecule has 1 saturated heterocycles. The third-order valence-electron chi connectivity index (χ3n) is 14.0. The van der Waals surface area contributed by atoms with E-state index in [4.69, 9.17) is 0 Å². The Kier molecular flexibility index (Phi) is 7.34. The molecule has 2 aliphatic carbocycles. The van der Waals surface area contributed by atoms with Gasteiger partial charge in [-0.1, -0.05) is 146 Å². The summed E-state index contributed by atoms with van der Waals surface area (Å²) < 4.78 is 0. The molecule has 5 aliphatic rings. The van der Waals surface area contributed by atoms with Gasteiger partial charge in [0.1, 0.15) is 8.07 Å². The molecule has 7 aromatic carbocycles. The fraction of sp³-hybridized carbons (Fsp3) is 0.148. The zero-order chi connectivity index (χ0) is 37.6. The van der Waals surface area contributed by atoms with Gasteiger partial charge in [-0.15, -0.1) is 0 Å². The minimum Gasteiger partial charge on any atom is -0.317 e. The highest BCUT2D eigenvalue weighted by Gasteiger charge is 2.48. The Balaban J connectivity index is 0.887. The van der Waals surface area contributed by atoms with E-state index >= 15 is 0 Å². The number of hydrogen-bond donors (Lipinski definition) is 0. The van der Waals surface area contributed by atoms with Crippen LogP contribution in [0.5, 0.6) is 0 Å². The molecule has 3 heteroatoms. The van der Waals surface area contributed by atoms with Gasteiger partial charge in [0.05, 0.1) is 0 Å². The maximum Gasteiger partial charge on any atom is 0.123 e. The molecule has 12 rings (SSSR count). The van der Waals surface area contributed by atoms with Gasteiger partial charge in [-0.2, -0.15) is 0 Å². The maximum absolute atomic E-state index is 2.53. The van der Waals surface area contributed by atoms with Gasteiger partial charge < -0.3 is 9.80 Å². The van der Waals surface area contributed by atoms with Crippen molar-refractivity contribution in [3.8, 4) is 11.1 Å². The molecule has 0 aromatic heterocycles. The van der Waals surface area contributed by atoms with Gasteiger partial charge in [0.2, 0.25) is 0 Å². The van der Waals surface area contributed by atoms with Crippen LogP contribution in [0.15, 0.2) is 170 Å². The summed E-state index contributed by atoms with van der Waals surface area (Å²) in [4.78, 5) is 4.91. The van der Waals surface area contributed by atoms with Crippen molar-refractivity contribution in [2.45, 2.75) is 49.6 Å². The Morgan fingerprint density at radius 2 is 1.04 bits per heavy atom. The Labute approximate surface area is 337 Å². The average molecular weight is 749 g/mol. The lowest BCUT2D eigenvalue weighted by Crippen LogP contribution is -2.60. The molecule has 2 nitrogen and oxygen atoms in total. The molecule has 0 N–H and O–H groups in total. The highest BCUT2D eigenvalue weighted by Crippen LogP contribution is 2.56. The molecule has 0 amide bonds.